The van der Waals surface area contributed by atoms with Gasteiger partial charge in [0.2, 0.25) is 5.60 Å². The number of hydrogen-bond acceptors (Lipinski definition) is 13. The number of methoxy groups -OCH3 is 3. The topological polar surface area (TPSA) is 162 Å². The summed E-state index contributed by atoms with van der Waals surface area (Å²) in [7, 11) is 8.31. The number of likely N-dealkylation sites (tertiary alicyclic amines) is 1. The number of nitrogens with zero attached hydrogens (tertiary/aromatic N) is 4. The summed E-state index contributed by atoms with van der Waals surface area (Å²) in [5.74, 6) is -2.65. The molecule has 1 aromatic carbocycles. The van der Waals surface area contributed by atoms with E-state index >= 15 is 4.79 Å². The molecule has 8 aliphatic rings. The van der Waals surface area contributed by atoms with Crippen LogP contribution < -0.4 is 5.46 Å². The highest BCUT2D eigenvalue weighted by atomic mass is 16.6. The molecule has 3 unspecified atom stereocenters. The van der Waals surface area contributed by atoms with Gasteiger partial charge in [0.1, 0.15) is 0 Å². The van der Waals surface area contributed by atoms with Crippen molar-refractivity contribution in [3.8, 4) is 6.07 Å². The van der Waals surface area contributed by atoms with Gasteiger partial charge < -0.3 is 34.1 Å². The van der Waals surface area contributed by atoms with E-state index < -0.39 is 69.5 Å². The minimum Gasteiger partial charge on any atom is -0.468 e. The number of allylic oxidation sites excluding steroid dienone is 1. The third kappa shape index (κ3) is 5.59. The van der Waals surface area contributed by atoms with E-state index in [-0.39, 0.29) is 12.0 Å². The second kappa shape index (κ2) is 14.7. The molecule has 3 saturated heterocycles. The maximum absolute atomic E-state index is 15.4. The van der Waals surface area contributed by atoms with Gasteiger partial charge in [-0.05, 0) is 85.9 Å². The number of benzene rings is 1. The van der Waals surface area contributed by atoms with E-state index in [1.165, 1.54) is 21.1 Å². The Bertz CT molecular complexity index is 2230. The fourth-order valence-corrected chi connectivity index (χ4v) is 14.2. The summed E-state index contributed by atoms with van der Waals surface area (Å²) >= 11 is 0. The maximum Gasteiger partial charge on any atom is 0.344 e. The van der Waals surface area contributed by atoms with Crippen LogP contribution in [0.15, 0.2) is 59.2 Å². The molecule has 1 spiro atoms. The van der Waals surface area contributed by atoms with E-state index in [1.54, 1.807) is 7.11 Å². The molecule has 0 aromatic heterocycles. The Morgan fingerprint density at radius 2 is 1.79 bits per heavy atom. The molecule has 13 nitrogen and oxygen atoms in total. The van der Waals surface area contributed by atoms with Gasteiger partial charge in [0, 0.05) is 75.7 Å². The molecule has 2 bridgehead atoms. The molecule has 1 aromatic rings. The Morgan fingerprint density at radius 3 is 2.46 bits per heavy atom. The van der Waals surface area contributed by atoms with Crippen LogP contribution >= 0.6 is 0 Å². The molecule has 6 aliphatic heterocycles. The standard InChI is InChI=1S/C47H58BN4O9/c1-8-43(56)22-29-23-46(41(54)59-6,37-30(13-17-51(25-29)26-43)31-19-28(24-49)11-12-34(31)48-37)33-20-32-35(21-36(33)58-5)50(4)39-45(32)15-18-52-16-10-14-44(9-2,38(45)52)40(61-27(3)53)47(39,57)42(55)60-7/h10-12,14,19-21,29,33,36,38-40,56-57H,8-9,13,15-18,22-23,25-26H2,1-7H3/t29-,33?,36?,38+,39-,40-,43+,44-,45-,46+,47+/m1/s1. The zero-order chi connectivity index (χ0) is 43.4. The van der Waals surface area contributed by atoms with Crippen LogP contribution in [0.25, 0.3) is 5.57 Å². The Hall–Kier alpha value is -4.26. The molecule has 9 rings (SSSR count). The number of hydrogen-bond donors (Lipinski definition) is 2. The third-order valence-corrected chi connectivity index (χ3v) is 16.4. The minimum atomic E-state index is -2.31. The van der Waals surface area contributed by atoms with Crippen LogP contribution in [-0.4, -0.2) is 147 Å². The van der Waals surface area contributed by atoms with Crippen molar-refractivity contribution in [2.45, 2.75) is 94.8 Å². The maximum atomic E-state index is 15.4. The first-order valence-electron chi connectivity index (χ1n) is 21.9. The van der Waals surface area contributed by atoms with Crippen molar-refractivity contribution in [3.05, 3.63) is 70.4 Å². The molecule has 1 radical (unpaired) electrons. The number of ether oxygens (including phenoxy) is 4. The molecule has 6 heterocycles. The van der Waals surface area contributed by atoms with E-state index in [4.69, 9.17) is 18.9 Å². The van der Waals surface area contributed by atoms with Crippen LogP contribution in [0.1, 0.15) is 70.4 Å². The third-order valence-electron chi connectivity index (χ3n) is 16.4. The Balaban J connectivity index is 1.32. The van der Waals surface area contributed by atoms with Gasteiger partial charge in [0.05, 0.1) is 49.0 Å². The van der Waals surface area contributed by atoms with Crippen LogP contribution in [0, 0.1) is 39.4 Å². The lowest BCUT2D eigenvalue weighted by molar-refractivity contribution is -0.243. The Kier molecular flexibility index (Phi) is 10.1. The fraction of sp³-hybridized carbons (Fsp3) is 0.617. The lowest BCUT2D eigenvalue weighted by Crippen LogP contribution is -2.79. The zero-order valence-corrected chi connectivity index (χ0v) is 36.4. The molecule has 2 N–H and O–H groups in total. The van der Waals surface area contributed by atoms with E-state index in [2.05, 4.69) is 41.4 Å². The van der Waals surface area contributed by atoms with Gasteiger partial charge in [-0.3, -0.25) is 19.4 Å². The highest BCUT2D eigenvalue weighted by Crippen LogP contribution is 2.70. The zero-order valence-electron chi connectivity index (χ0n) is 36.4. The molecule has 323 valence electrons. The van der Waals surface area contributed by atoms with Crippen LogP contribution in [-0.2, 0) is 33.3 Å². The molecule has 12 atom stereocenters. The quantitative estimate of drug-likeness (QED) is 0.179. The number of nitriles is 1. The van der Waals surface area contributed by atoms with E-state index in [9.17, 15) is 25.1 Å². The number of carbonyl (C=O) groups excluding carboxylic acids is 3. The van der Waals surface area contributed by atoms with Gasteiger partial charge in [-0.15, -0.1) is 0 Å². The lowest BCUT2D eigenvalue weighted by Gasteiger charge is -2.63. The predicted octanol–water partition coefficient (Wildman–Crippen LogP) is 2.67. The molecular formula is C47H58BN4O9. The summed E-state index contributed by atoms with van der Waals surface area (Å²) in [6.07, 6.45) is 9.44. The van der Waals surface area contributed by atoms with Gasteiger partial charge in [0.25, 0.3) is 0 Å². The Labute approximate surface area is 359 Å². The van der Waals surface area contributed by atoms with Crippen LogP contribution in [0.3, 0.4) is 0 Å². The van der Waals surface area contributed by atoms with E-state index in [0.29, 0.717) is 76.8 Å². The highest BCUT2D eigenvalue weighted by Gasteiger charge is 2.81. The smallest absolute Gasteiger partial charge is 0.344 e. The number of aliphatic hydroxyl groups is 2. The first kappa shape index (κ1) is 42.1. The van der Waals surface area contributed by atoms with Crippen molar-refractivity contribution in [2.24, 2.45) is 28.1 Å². The van der Waals surface area contributed by atoms with E-state index in [0.717, 1.165) is 33.3 Å². The van der Waals surface area contributed by atoms with Crippen molar-refractivity contribution >= 4 is 36.2 Å². The van der Waals surface area contributed by atoms with Crippen LogP contribution in [0.4, 0.5) is 0 Å². The van der Waals surface area contributed by atoms with Gasteiger partial charge >= 0.3 is 17.9 Å². The number of rotatable bonds is 7. The molecule has 14 heteroatoms. The van der Waals surface area contributed by atoms with Gasteiger partial charge in [-0.25, -0.2) is 4.79 Å². The molecule has 0 amide bonds. The summed E-state index contributed by atoms with van der Waals surface area (Å²) in [5, 5.41) is 35.4. The van der Waals surface area contributed by atoms with Crippen molar-refractivity contribution in [2.75, 3.05) is 61.1 Å². The van der Waals surface area contributed by atoms with Crippen molar-refractivity contribution in [1.82, 2.24) is 14.7 Å². The second-order valence-electron chi connectivity index (χ2n) is 19.0. The van der Waals surface area contributed by atoms with Gasteiger partial charge in [-0.1, -0.05) is 49.1 Å². The number of esters is 3. The fourth-order valence-electron chi connectivity index (χ4n) is 14.2. The van der Waals surface area contributed by atoms with E-state index in [1.807, 2.05) is 50.1 Å². The number of carbonyl (C=O) groups is 3. The minimum absolute atomic E-state index is 0.100. The summed E-state index contributed by atoms with van der Waals surface area (Å²) in [4.78, 5) is 49.6. The summed E-state index contributed by atoms with van der Waals surface area (Å²) < 4.78 is 24.1. The molecule has 1 saturated carbocycles. The van der Waals surface area contributed by atoms with Crippen molar-refractivity contribution < 1.29 is 43.5 Å². The molecular weight excluding hydrogens is 775 g/mol. The lowest BCUT2D eigenvalue weighted by atomic mass is 9.46. The number of fused-ring (bicyclic) bond motifs is 5. The van der Waals surface area contributed by atoms with Crippen molar-refractivity contribution in [1.29, 1.82) is 5.26 Å². The van der Waals surface area contributed by atoms with Gasteiger partial charge in [0.15, 0.2) is 13.4 Å². The molecule has 61 heavy (non-hydrogen) atoms. The molecule has 2 aliphatic carbocycles. The summed E-state index contributed by atoms with van der Waals surface area (Å²) in [6.45, 7) is 8.51. The summed E-state index contributed by atoms with van der Waals surface area (Å²) in [6, 6.07) is 6.76. The first-order valence-corrected chi connectivity index (χ1v) is 21.9. The molecule has 4 fully saturated rings. The van der Waals surface area contributed by atoms with Crippen LogP contribution in [0.5, 0.6) is 0 Å². The summed E-state index contributed by atoms with van der Waals surface area (Å²) in [5.41, 5.74) is -0.625. The monoisotopic (exact) mass is 833 g/mol. The predicted molar refractivity (Wildman–Crippen MR) is 226 cm³/mol. The van der Waals surface area contributed by atoms with Crippen molar-refractivity contribution in [3.63, 3.8) is 0 Å². The normalized spacial score (nSPS) is 40.6. The Morgan fingerprint density at radius 1 is 1.02 bits per heavy atom. The SMILES string of the molecule is CC[C@]1(O)C[C@H]2CN(CCC3=C([B]c4ccc(C#N)cc43)[C@@](C(=O)OC)(C3C=C4C(=CC3OC)N(C)[C@H]3[C@@](O)(C(=O)OC)[C@H](OC(C)=O)[C@]5(CC)C=CCN6CC[C@]43[C@@H]65)C2)C1. The van der Waals surface area contributed by atoms with Gasteiger partial charge in [-0.2, -0.15) is 5.26 Å². The average molecular weight is 834 g/mol. The number of piperidine rings is 1. The average Bonchev–Trinajstić information content (AvgIpc) is 3.92. The largest absolute Gasteiger partial charge is 0.468 e. The van der Waals surface area contributed by atoms with Crippen LogP contribution in [0.2, 0.25) is 0 Å². The second-order valence-corrected chi connectivity index (χ2v) is 19.0. The number of likely N-dealkylation sites (N-methyl/N-ethyl adjacent to an activating group) is 1. The first-order chi connectivity index (χ1) is 29.2. The highest BCUT2D eigenvalue weighted by molar-refractivity contribution is 6.67.